The number of fused-ring (bicyclic) bond motifs is 11. The van der Waals surface area contributed by atoms with Crippen LogP contribution in [0.25, 0.3) is 66.2 Å². The lowest BCUT2D eigenvalue weighted by molar-refractivity contribution is -0.124. The predicted octanol–water partition coefficient (Wildman–Crippen LogP) is 38.4. The van der Waals surface area contributed by atoms with Gasteiger partial charge in [-0.2, -0.15) is 17.5 Å². The van der Waals surface area contributed by atoms with Gasteiger partial charge in [0.15, 0.2) is 0 Å². The van der Waals surface area contributed by atoms with E-state index in [2.05, 4.69) is 128 Å². The van der Waals surface area contributed by atoms with Crippen LogP contribution in [0.1, 0.15) is 534 Å². The number of carbonyl (C=O) groups excluding carboxylic acids is 2. The second-order valence-corrected chi connectivity index (χ2v) is 44.5. The Morgan fingerprint density at radius 1 is 0.289 bits per heavy atom. The Morgan fingerprint density at radius 3 is 0.883 bits per heavy atom. The van der Waals surface area contributed by atoms with Crippen LogP contribution in [0.4, 0.5) is 0 Å². The zero-order valence-corrected chi connectivity index (χ0v) is 86.7. The molecule has 11 rings (SSSR count). The molecule has 4 aliphatic rings. The zero-order valence-electron chi connectivity index (χ0n) is 83.4. The molecule has 8 nitrogen and oxygen atoms in total. The Balaban J connectivity index is 1.01. The summed E-state index contributed by atoms with van der Waals surface area (Å²) in [6, 6.07) is 20.0. The molecule has 128 heavy (non-hydrogen) atoms. The summed E-state index contributed by atoms with van der Waals surface area (Å²) in [5.74, 6) is 0.630. The Morgan fingerprint density at radius 2 is 0.562 bits per heavy atom. The molecular formula is C116H180N6O2S4. The summed E-state index contributed by atoms with van der Waals surface area (Å²) in [6.07, 6.45) is 88.9. The number of unbranched alkanes of at least 4 members (excludes halogenated alkanes) is 54. The van der Waals surface area contributed by atoms with E-state index < -0.39 is 0 Å². The fraction of sp³-hybridized carbons (Fsp3) is 0.724. The van der Waals surface area contributed by atoms with Gasteiger partial charge in [0, 0.05) is 50.4 Å². The SMILES string of the molecule is CCCCCCCCCCCCCCCCC1(CCCCCCCCCCCCCCCC)c2cc3c(cc2-c2c1cc(C)c1nsnc21)C(CCCCCCCCCCCCCCCC)(CCCCCCCCCCCCCCCC)c1cc(-c2ccc(C4=C5C(=O)N(CC(CC)CCCC)C(c6ccc(C)s6)=C5C(=O)N4CC(CC)CCCC)s2)c2nsnc2c1-3. The maximum Gasteiger partial charge on any atom is 0.261 e. The first-order valence-electron chi connectivity index (χ1n) is 55.0. The molecule has 12 heteroatoms. The predicted molar refractivity (Wildman–Crippen MR) is 562 cm³/mol. The highest BCUT2D eigenvalue weighted by Crippen LogP contribution is 2.64. The molecule has 710 valence electrons. The van der Waals surface area contributed by atoms with Gasteiger partial charge in [0.2, 0.25) is 0 Å². The maximum atomic E-state index is 16.1. The van der Waals surface area contributed by atoms with Crippen LogP contribution in [0.2, 0.25) is 0 Å². The molecule has 0 fully saturated rings. The first kappa shape index (κ1) is 104. The Labute approximate surface area is 798 Å². The van der Waals surface area contributed by atoms with Crippen LogP contribution in [0, 0.1) is 25.7 Å². The molecule has 0 spiro atoms. The highest BCUT2D eigenvalue weighted by Gasteiger charge is 2.53. The third kappa shape index (κ3) is 28.2. The minimum Gasteiger partial charge on any atom is -0.306 e. The lowest BCUT2D eigenvalue weighted by Crippen LogP contribution is -2.34. The number of amides is 2. The van der Waals surface area contributed by atoms with E-state index in [9.17, 15) is 0 Å². The number of benzene rings is 3. The van der Waals surface area contributed by atoms with Crippen molar-refractivity contribution >= 4 is 91.4 Å². The van der Waals surface area contributed by atoms with E-state index in [0.29, 0.717) is 36.1 Å². The summed E-state index contributed by atoms with van der Waals surface area (Å²) < 4.78 is 21.8. The van der Waals surface area contributed by atoms with Crippen molar-refractivity contribution < 1.29 is 9.59 Å². The van der Waals surface area contributed by atoms with Gasteiger partial charge in [0.25, 0.3) is 11.8 Å². The lowest BCUT2D eigenvalue weighted by Gasteiger charge is -2.35. The van der Waals surface area contributed by atoms with Crippen molar-refractivity contribution in [3.8, 4) is 32.7 Å². The number of rotatable bonds is 75. The fourth-order valence-electron chi connectivity index (χ4n) is 23.2. The molecule has 2 amide bonds. The van der Waals surface area contributed by atoms with Gasteiger partial charge in [-0.25, -0.2) is 0 Å². The third-order valence-corrected chi connectivity index (χ3v) is 34.3. The summed E-state index contributed by atoms with van der Waals surface area (Å²) >= 11 is 6.33. The molecule has 0 radical (unpaired) electrons. The molecule has 2 aliphatic carbocycles. The molecule has 0 N–H and O–H groups in total. The van der Waals surface area contributed by atoms with E-state index in [1.165, 1.54) is 427 Å². The monoisotopic (exact) mass is 1820 g/mol. The maximum absolute atomic E-state index is 16.1. The van der Waals surface area contributed by atoms with Gasteiger partial charge in [-0.1, -0.05) is 460 Å². The fourth-order valence-corrected chi connectivity index (χ4v) is 26.4. The van der Waals surface area contributed by atoms with Crippen LogP contribution in [0.15, 0.2) is 59.7 Å². The van der Waals surface area contributed by atoms with Crippen molar-refractivity contribution in [3.05, 3.63) is 102 Å². The molecule has 2 aliphatic heterocycles. The average Bonchev–Trinajstić information content (AvgIpc) is 1.51. The van der Waals surface area contributed by atoms with Crippen LogP contribution in [-0.4, -0.2) is 52.2 Å². The standard InChI is InChI=1S/C116H180N6O2S4/c1-11-19-25-29-33-37-41-45-49-53-57-61-65-69-79-115(80-70-66-62-58-54-50-46-42-38-34-30-26-20-12-2)96-85-94-97(84-93(96)103-98(115)83-89(9)107-109(103)119-127-117-107)116(81-71-67-63-59-55-51-47-43-39-35-31-27-21-13-3,82-72-68-64-60-56-52-48-44-40-36-32-28-22-14-4)99-86-95(108-110(104(94)99)120-128-118-108)100-77-78-102(126-100)112-106-105(113(123)122(112)88-92(18-8)74-24-16-6)111(101-76-75-90(10)125-101)121(114(106)124)87-91(17-7)73-23-15-5/h75-78,83-86,91-92H,11-74,79-82,87-88H2,1-10H3. The summed E-state index contributed by atoms with van der Waals surface area (Å²) in [4.78, 5) is 40.7. The van der Waals surface area contributed by atoms with E-state index in [0.717, 1.165) is 131 Å². The number of aromatic nitrogens is 4. The quantitative estimate of drug-likeness (QED) is 0.0353. The van der Waals surface area contributed by atoms with Crippen LogP contribution < -0.4 is 0 Å². The number of hydrogen-bond acceptors (Lipinski definition) is 10. The van der Waals surface area contributed by atoms with Crippen molar-refractivity contribution in [2.24, 2.45) is 11.8 Å². The highest BCUT2D eigenvalue weighted by atomic mass is 32.1. The number of hydrogen-bond donors (Lipinski definition) is 0. The lowest BCUT2D eigenvalue weighted by atomic mass is 9.68. The zero-order chi connectivity index (χ0) is 90.0. The van der Waals surface area contributed by atoms with Gasteiger partial charge >= 0.3 is 0 Å². The molecule has 0 saturated heterocycles. The molecule has 3 aromatic carbocycles. The molecule has 7 aromatic rings. The first-order chi connectivity index (χ1) is 63.0. The van der Waals surface area contributed by atoms with Gasteiger partial charge in [-0.15, -0.1) is 22.7 Å². The van der Waals surface area contributed by atoms with Crippen molar-refractivity contribution in [2.45, 2.75) is 517 Å². The number of aryl methyl sites for hydroxylation is 2. The average molecular weight is 1820 g/mol. The third-order valence-electron chi connectivity index (χ3n) is 31.1. The number of nitrogens with zero attached hydrogens (tertiary/aromatic N) is 6. The molecule has 6 heterocycles. The van der Waals surface area contributed by atoms with Crippen molar-refractivity contribution in [3.63, 3.8) is 0 Å². The Kier molecular flexibility index (Phi) is 46.2. The van der Waals surface area contributed by atoms with Crippen LogP contribution in [-0.2, 0) is 20.4 Å². The van der Waals surface area contributed by atoms with Crippen LogP contribution in [0.5, 0.6) is 0 Å². The minimum atomic E-state index is -0.282. The molecular weight excluding hydrogens is 1640 g/mol. The van der Waals surface area contributed by atoms with Gasteiger partial charge in [-0.05, 0) is 146 Å². The van der Waals surface area contributed by atoms with Gasteiger partial charge < -0.3 is 9.80 Å². The molecule has 0 saturated carbocycles. The Bertz CT molecular complexity index is 4380. The normalized spacial score (nSPS) is 15.0. The molecule has 2 atom stereocenters. The molecule has 0 bridgehead atoms. The van der Waals surface area contributed by atoms with Crippen molar-refractivity contribution in [2.75, 3.05) is 13.1 Å². The van der Waals surface area contributed by atoms with Crippen molar-refractivity contribution in [1.29, 1.82) is 0 Å². The van der Waals surface area contributed by atoms with Gasteiger partial charge in [0.05, 0.1) is 55.8 Å². The summed E-state index contributed by atoms with van der Waals surface area (Å²) in [7, 11) is 0. The summed E-state index contributed by atoms with van der Waals surface area (Å²) in [5, 5.41) is 0. The number of carbonyl (C=O) groups is 2. The van der Waals surface area contributed by atoms with Gasteiger partial charge in [0.1, 0.15) is 22.1 Å². The minimum absolute atomic E-state index is 0.00352. The smallest absolute Gasteiger partial charge is 0.261 e. The summed E-state index contributed by atoms with van der Waals surface area (Å²) in [5.41, 5.74) is 20.9. The second kappa shape index (κ2) is 57.1. The Hall–Kier alpha value is -4.88. The van der Waals surface area contributed by atoms with E-state index in [1.54, 1.807) is 33.8 Å². The molecule has 4 aromatic heterocycles. The van der Waals surface area contributed by atoms with Crippen LogP contribution >= 0.6 is 46.1 Å². The van der Waals surface area contributed by atoms with E-state index >= 15 is 9.59 Å². The largest absolute Gasteiger partial charge is 0.306 e. The van der Waals surface area contributed by atoms with E-state index in [4.69, 9.17) is 17.5 Å². The number of thiophene rings is 2. The first-order valence-corrected chi connectivity index (χ1v) is 58.1. The van der Waals surface area contributed by atoms with E-state index in [-0.39, 0.29) is 22.6 Å². The topological polar surface area (TPSA) is 92.2 Å². The summed E-state index contributed by atoms with van der Waals surface area (Å²) in [6.45, 7) is 24.2. The van der Waals surface area contributed by atoms with E-state index in [1.807, 2.05) is 0 Å². The van der Waals surface area contributed by atoms with Gasteiger partial charge in [-0.3, -0.25) is 9.59 Å². The van der Waals surface area contributed by atoms with Crippen molar-refractivity contribution in [1.82, 2.24) is 27.3 Å². The highest BCUT2D eigenvalue weighted by molar-refractivity contribution is 7.16. The van der Waals surface area contributed by atoms with Crippen LogP contribution in [0.3, 0.4) is 0 Å². The second-order valence-electron chi connectivity index (χ2n) is 41.1. The molecule has 2 unspecified atom stereocenters.